The van der Waals surface area contributed by atoms with Crippen LogP contribution < -0.4 is 10.6 Å². The van der Waals surface area contributed by atoms with Crippen LogP contribution in [0.3, 0.4) is 0 Å². The number of hydrogen-bond donors (Lipinski definition) is 2. The second kappa shape index (κ2) is 8.44. The van der Waals surface area contributed by atoms with Crippen molar-refractivity contribution in [2.75, 3.05) is 25.4 Å². The Labute approximate surface area is 142 Å². The molecule has 128 valence electrons. The summed E-state index contributed by atoms with van der Waals surface area (Å²) in [6, 6.07) is 5.85. The maximum Gasteiger partial charge on any atom is 0.309 e. The second-order valence-corrected chi connectivity index (χ2v) is 5.91. The largest absolute Gasteiger partial charge is 0.348 e. The van der Waals surface area contributed by atoms with Gasteiger partial charge in [-0.15, -0.1) is 0 Å². The van der Waals surface area contributed by atoms with E-state index in [1.165, 1.54) is 12.1 Å². The van der Waals surface area contributed by atoms with E-state index in [2.05, 4.69) is 10.6 Å². The molecule has 0 radical (unpaired) electrons. The van der Waals surface area contributed by atoms with E-state index in [1.807, 2.05) is 0 Å². The van der Waals surface area contributed by atoms with Gasteiger partial charge in [0.15, 0.2) is 0 Å². The maximum absolute atomic E-state index is 12.8. The van der Waals surface area contributed by atoms with Crippen LogP contribution >= 0.6 is 11.8 Å². The highest BCUT2D eigenvalue weighted by Gasteiger charge is 2.29. The molecule has 1 aliphatic rings. The number of benzene rings is 1. The lowest BCUT2D eigenvalue weighted by Gasteiger charge is -2.13. The molecule has 0 aliphatic carbocycles. The highest BCUT2D eigenvalue weighted by atomic mass is 32.2. The topological polar surface area (TPSA) is 95.6 Å². The van der Waals surface area contributed by atoms with Gasteiger partial charge in [-0.25, -0.2) is 4.39 Å². The average molecular weight is 353 g/mol. The number of halogens is 1. The van der Waals surface area contributed by atoms with E-state index in [0.29, 0.717) is 6.42 Å². The number of hydrogen-bond acceptors (Lipinski definition) is 5. The van der Waals surface area contributed by atoms with E-state index < -0.39 is 11.8 Å². The zero-order valence-corrected chi connectivity index (χ0v) is 13.5. The van der Waals surface area contributed by atoms with Gasteiger partial charge in [-0.05, 0) is 24.1 Å². The van der Waals surface area contributed by atoms with Gasteiger partial charge >= 0.3 is 11.8 Å². The fourth-order valence-electron chi connectivity index (χ4n) is 2.01. The van der Waals surface area contributed by atoms with Crippen LogP contribution in [0.25, 0.3) is 0 Å². The van der Waals surface area contributed by atoms with E-state index in [0.717, 1.165) is 22.2 Å². The van der Waals surface area contributed by atoms with Gasteiger partial charge in [0.05, 0.1) is 5.75 Å². The molecular formula is C15H16FN3O4S. The Morgan fingerprint density at radius 1 is 1.08 bits per heavy atom. The molecule has 1 aromatic carbocycles. The molecule has 24 heavy (non-hydrogen) atoms. The van der Waals surface area contributed by atoms with Crippen molar-refractivity contribution in [2.45, 2.75) is 6.42 Å². The Morgan fingerprint density at radius 3 is 2.29 bits per heavy atom. The molecular weight excluding hydrogens is 337 g/mol. The number of rotatable bonds is 6. The minimum atomic E-state index is -0.833. The summed E-state index contributed by atoms with van der Waals surface area (Å²) in [5.41, 5.74) is 0.834. The van der Waals surface area contributed by atoms with Gasteiger partial charge in [0.25, 0.3) is 5.24 Å². The van der Waals surface area contributed by atoms with Crippen LogP contribution in [0.15, 0.2) is 24.3 Å². The molecule has 1 fully saturated rings. The Hall–Kier alpha value is -2.42. The Kier molecular flexibility index (Phi) is 6.30. The summed E-state index contributed by atoms with van der Waals surface area (Å²) in [5, 5.41) is 4.45. The summed E-state index contributed by atoms with van der Waals surface area (Å²) in [5.74, 6) is -2.17. The van der Waals surface area contributed by atoms with E-state index in [9.17, 15) is 23.6 Å². The third kappa shape index (κ3) is 5.05. The van der Waals surface area contributed by atoms with Crippen molar-refractivity contribution in [1.82, 2.24) is 15.5 Å². The third-order valence-electron chi connectivity index (χ3n) is 3.28. The van der Waals surface area contributed by atoms with Crippen molar-refractivity contribution in [3.8, 4) is 0 Å². The van der Waals surface area contributed by atoms with Crippen molar-refractivity contribution in [3.05, 3.63) is 35.6 Å². The zero-order valence-electron chi connectivity index (χ0n) is 12.7. The first-order chi connectivity index (χ1) is 11.5. The Bertz CT molecular complexity index is 635. The number of nitrogens with zero attached hydrogens (tertiary/aromatic N) is 1. The van der Waals surface area contributed by atoms with Crippen molar-refractivity contribution in [3.63, 3.8) is 0 Å². The van der Waals surface area contributed by atoms with E-state index in [1.54, 1.807) is 12.1 Å². The van der Waals surface area contributed by atoms with Gasteiger partial charge in [-0.1, -0.05) is 23.9 Å². The molecule has 0 unspecified atom stereocenters. The standard InChI is InChI=1S/C15H16FN3O4S/c16-11-3-1-10(2-4-11)5-6-17-13(21)14(22)18-7-8-19-12(20)9-24-15(19)23/h1-4H,5-9H2,(H,17,21)(H,18,22). The third-order valence-corrected chi connectivity index (χ3v) is 4.14. The van der Waals surface area contributed by atoms with Crippen molar-refractivity contribution in [2.24, 2.45) is 0 Å². The number of nitrogens with one attached hydrogen (secondary N) is 2. The molecule has 9 heteroatoms. The predicted octanol–water partition coefficient (Wildman–Crippen LogP) is 0.296. The normalized spacial score (nSPS) is 14.0. The van der Waals surface area contributed by atoms with Crippen LogP contribution in [0.5, 0.6) is 0 Å². The molecule has 1 aliphatic heterocycles. The molecule has 7 nitrogen and oxygen atoms in total. The molecule has 0 bridgehead atoms. The van der Waals surface area contributed by atoms with E-state index >= 15 is 0 Å². The maximum atomic E-state index is 12.8. The van der Waals surface area contributed by atoms with E-state index in [4.69, 9.17) is 0 Å². The monoisotopic (exact) mass is 353 g/mol. The molecule has 0 atom stereocenters. The first kappa shape index (κ1) is 17.9. The predicted molar refractivity (Wildman–Crippen MR) is 85.7 cm³/mol. The smallest absolute Gasteiger partial charge is 0.309 e. The lowest BCUT2D eigenvalue weighted by Crippen LogP contribution is -2.44. The van der Waals surface area contributed by atoms with Gasteiger partial charge < -0.3 is 10.6 Å². The summed E-state index contributed by atoms with van der Waals surface area (Å²) in [4.78, 5) is 47.0. The summed E-state index contributed by atoms with van der Waals surface area (Å²) in [6.07, 6.45) is 0.466. The van der Waals surface area contributed by atoms with Crippen LogP contribution in [0.1, 0.15) is 5.56 Å². The summed E-state index contributed by atoms with van der Waals surface area (Å²) in [7, 11) is 0. The number of carbonyl (C=O) groups excluding carboxylic acids is 4. The van der Waals surface area contributed by atoms with Crippen LogP contribution in [-0.2, 0) is 20.8 Å². The van der Waals surface area contributed by atoms with Gasteiger partial charge in [0.2, 0.25) is 5.91 Å². The number of thioether (sulfide) groups is 1. The van der Waals surface area contributed by atoms with Gasteiger partial charge in [0, 0.05) is 19.6 Å². The number of imide groups is 1. The van der Waals surface area contributed by atoms with Crippen LogP contribution in [0.2, 0.25) is 0 Å². The van der Waals surface area contributed by atoms with Gasteiger partial charge in [-0.2, -0.15) is 0 Å². The van der Waals surface area contributed by atoms with Gasteiger partial charge in [0.1, 0.15) is 5.82 Å². The minimum absolute atomic E-state index is 0.0161. The lowest BCUT2D eigenvalue weighted by atomic mass is 10.1. The molecule has 1 heterocycles. The molecule has 1 saturated heterocycles. The Balaban J connectivity index is 1.65. The SMILES string of the molecule is O=C(NCCc1ccc(F)cc1)C(=O)NCCN1C(=O)CSC1=O. The summed E-state index contributed by atoms with van der Waals surface area (Å²) < 4.78 is 12.8. The first-order valence-electron chi connectivity index (χ1n) is 7.25. The second-order valence-electron chi connectivity index (χ2n) is 4.99. The highest BCUT2D eigenvalue weighted by molar-refractivity contribution is 8.14. The Morgan fingerprint density at radius 2 is 1.71 bits per heavy atom. The molecule has 1 aromatic rings. The lowest BCUT2D eigenvalue weighted by molar-refractivity contribution is -0.139. The van der Waals surface area contributed by atoms with Crippen LogP contribution in [0.4, 0.5) is 9.18 Å². The first-order valence-corrected chi connectivity index (χ1v) is 8.23. The molecule has 2 N–H and O–H groups in total. The zero-order chi connectivity index (χ0) is 17.5. The minimum Gasteiger partial charge on any atom is -0.348 e. The van der Waals surface area contributed by atoms with Crippen molar-refractivity contribution in [1.29, 1.82) is 0 Å². The summed E-state index contributed by atoms with van der Waals surface area (Å²) in [6.45, 7) is 0.291. The molecule has 0 saturated carbocycles. The number of carbonyl (C=O) groups is 4. The molecule has 2 rings (SSSR count). The fourth-order valence-corrected chi connectivity index (χ4v) is 2.76. The molecule has 0 aromatic heterocycles. The number of amides is 4. The highest BCUT2D eigenvalue weighted by Crippen LogP contribution is 2.17. The van der Waals surface area contributed by atoms with Crippen molar-refractivity contribution >= 4 is 34.7 Å². The van der Waals surface area contributed by atoms with Crippen LogP contribution in [-0.4, -0.2) is 53.2 Å². The quantitative estimate of drug-likeness (QED) is 0.717. The van der Waals surface area contributed by atoms with Crippen LogP contribution in [0, 0.1) is 5.82 Å². The fraction of sp³-hybridized carbons (Fsp3) is 0.333. The van der Waals surface area contributed by atoms with Crippen molar-refractivity contribution < 1.29 is 23.6 Å². The summed E-state index contributed by atoms with van der Waals surface area (Å²) >= 11 is 0.910. The van der Waals surface area contributed by atoms with Gasteiger partial charge in [-0.3, -0.25) is 24.1 Å². The molecule has 0 spiro atoms. The molecule has 4 amide bonds. The average Bonchev–Trinajstić information content (AvgIpc) is 2.88. The van der Waals surface area contributed by atoms with E-state index in [-0.39, 0.29) is 42.4 Å².